The zero-order valence-corrected chi connectivity index (χ0v) is 15.1. The molecule has 0 saturated heterocycles. The topological polar surface area (TPSA) is 56.1 Å². The number of nitrogens with one attached hydrogen (secondary N) is 1. The number of ether oxygens (including phenoxy) is 1. The Morgan fingerprint density at radius 3 is 2.80 bits per heavy atom. The van der Waals surface area contributed by atoms with Crippen LogP contribution in [0.5, 0.6) is 5.75 Å². The number of imidazole rings is 1. The van der Waals surface area contributed by atoms with Crippen LogP contribution in [0.4, 0.5) is 0 Å². The van der Waals surface area contributed by atoms with E-state index in [1.54, 1.807) is 13.3 Å². The number of amides is 1. The molecule has 1 aromatic heterocycles. The van der Waals surface area contributed by atoms with Gasteiger partial charge in [-0.2, -0.15) is 0 Å². The smallest absolute Gasteiger partial charge is 0.220 e. The number of nitrogens with zero attached hydrogens (tertiary/aromatic N) is 2. The highest BCUT2D eigenvalue weighted by Crippen LogP contribution is 2.30. The van der Waals surface area contributed by atoms with E-state index in [1.807, 2.05) is 42.1 Å². The van der Waals surface area contributed by atoms with Gasteiger partial charge < -0.3 is 14.6 Å². The van der Waals surface area contributed by atoms with Gasteiger partial charge in [-0.3, -0.25) is 4.79 Å². The van der Waals surface area contributed by atoms with Crippen molar-refractivity contribution >= 4 is 5.91 Å². The number of carbonyl (C=O) groups excluding carboxylic acids is 1. The van der Waals surface area contributed by atoms with Crippen LogP contribution in [0.25, 0.3) is 0 Å². The molecule has 0 unspecified atom stereocenters. The van der Waals surface area contributed by atoms with Crippen LogP contribution in [-0.2, 0) is 11.8 Å². The standard InChI is InChI=1S/C20H27N3O2/c1-23-14-13-21-20(23)19(16-9-5-6-10-17(16)25-2)22-18(24)12-11-15-7-3-4-8-15/h5-6,9-10,13-15,19H,3-4,7-8,11-12H2,1-2H3,(H,22,24)/t19-/m1/s1. The van der Waals surface area contributed by atoms with E-state index < -0.39 is 0 Å². The summed E-state index contributed by atoms with van der Waals surface area (Å²) in [6, 6.07) is 7.47. The largest absolute Gasteiger partial charge is 0.496 e. The van der Waals surface area contributed by atoms with Gasteiger partial charge in [0.15, 0.2) is 0 Å². The summed E-state index contributed by atoms with van der Waals surface area (Å²) in [4.78, 5) is 17.1. The summed E-state index contributed by atoms with van der Waals surface area (Å²) in [5, 5.41) is 3.17. The summed E-state index contributed by atoms with van der Waals surface area (Å²) in [6.45, 7) is 0. The van der Waals surface area contributed by atoms with E-state index in [9.17, 15) is 4.79 Å². The average molecular weight is 341 g/mol. The van der Waals surface area contributed by atoms with Crippen molar-refractivity contribution in [1.29, 1.82) is 0 Å². The summed E-state index contributed by atoms with van der Waals surface area (Å²) < 4.78 is 7.44. The van der Waals surface area contributed by atoms with Crippen LogP contribution in [0.1, 0.15) is 56.0 Å². The molecule has 0 bridgehead atoms. The fourth-order valence-corrected chi connectivity index (χ4v) is 3.71. The lowest BCUT2D eigenvalue weighted by Crippen LogP contribution is -2.31. The Bertz CT molecular complexity index is 704. The number of para-hydroxylation sites is 1. The highest BCUT2D eigenvalue weighted by Gasteiger charge is 2.24. The predicted molar refractivity (Wildman–Crippen MR) is 97.4 cm³/mol. The van der Waals surface area contributed by atoms with E-state index in [-0.39, 0.29) is 11.9 Å². The first-order chi connectivity index (χ1) is 12.2. The molecule has 1 atom stereocenters. The fraction of sp³-hybridized carbons (Fsp3) is 0.500. The van der Waals surface area contributed by atoms with Crippen molar-refractivity contribution in [3.05, 3.63) is 48.0 Å². The number of carbonyl (C=O) groups is 1. The molecule has 0 aliphatic heterocycles. The van der Waals surface area contributed by atoms with Crippen molar-refractivity contribution in [2.45, 2.75) is 44.6 Å². The summed E-state index contributed by atoms with van der Waals surface area (Å²) in [7, 11) is 3.59. The molecule has 1 aromatic carbocycles. The van der Waals surface area contributed by atoms with Gasteiger partial charge in [-0.1, -0.05) is 43.9 Å². The number of aryl methyl sites for hydroxylation is 1. The lowest BCUT2D eigenvalue weighted by Gasteiger charge is -2.21. The Kier molecular flexibility index (Phi) is 5.74. The minimum atomic E-state index is -0.313. The molecule has 5 nitrogen and oxygen atoms in total. The van der Waals surface area contributed by atoms with Gasteiger partial charge in [0.2, 0.25) is 5.91 Å². The van der Waals surface area contributed by atoms with E-state index in [0.29, 0.717) is 12.3 Å². The van der Waals surface area contributed by atoms with Gasteiger partial charge >= 0.3 is 0 Å². The Morgan fingerprint density at radius 2 is 2.12 bits per heavy atom. The molecular weight excluding hydrogens is 314 g/mol. The lowest BCUT2D eigenvalue weighted by atomic mass is 10.0. The summed E-state index contributed by atoms with van der Waals surface area (Å²) in [5.41, 5.74) is 0.925. The molecule has 25 heavy (non-hydrogen) atoms. The van der Waals surface area contributed by atoms with Gasteiger partial charge in [-0.25, -0.2) is 4.98 Å². The average Bonchev–Trinajstić information content (AvgIpc) is 3.29. The van der Waals surface area contributed by atoms with Gasteiger partial charge in [0.05, 0.1) is 7.11 Å². The number of methoxy groups -OCH3 is 1. The molecule has 1 aliphatic carbocycles. The second kappa shape index (κ2) is 8.19. The molecule has 1 fully saturated rings. The molecule has 2 aromatic rings. The molecule has 1 heterocycles. The second-order valence-corrected chi connectivity index (χ2v) is 6.83. The molecule has 3 rings (SSSR count). The second-order valence-electron chi connectivity index (χ2n) is 6.83. The third-order valence-corrected chi connectivity index (χ3v) is 5.13. The van der Waals surface area contributed by atoms with Gasteiger partial charge in [0.1, 0.15) is 17.6 Å². The van der Waals surface area contributed by atoms with Gasteiger partial charge in [-0.05, 0) is 18.4 Å². The van der Waals surface area contributed by atoms with Gasteiger partial charge in [-0.15, -0.1) is 0 Å². The first kappa shape index (κ1) is 17.5. The number of hydrogen-bond donors (Lipinski definition) is 1. The summed E-state index contributed by atoms with van der Waals surface area (Å²) in [6.07, 6.45) is 10.3. The van der Waals surface area contributed by atoms with Crippen LogP contribution in [-0.4, -0.2) is 22.6 Å². The van der Waals surface area contributed by atoms with Crippen LogP contribution >= 0.6 is 0 Å². The fourth-order valence-electron chi connectivity index (χ4n) is 3.71. The molecular formula is C20H27N3O2. The molecule has 0 radical (unpaired) electrons. The Balaban J connectivity index is 1.77. The zero-order chi connectivity index (χ0) is 17.6. The SMILES string of the molecule is COc1ccccc1[C@@H](NC(=O)CCC1CCCC1)c1nccn1C. The molecule has 1 N–H and O–H groups in total. The Hall–Kier alpha value is -2.30. The van der Waals surface area contributed by atoms with Crippen molar-refractivity contribution < 1.29 is 9.53 Å². The Labute approximate surface area is 149 Å². The highest BCUT2D eigenvalue weighted by molar-refractivity contribution is 5.77. The first-order valence-corrected chi connectivity index (χ1v) is 9.08. The summed E-state index contributed by atoms with van der Waals surface area (Å²) >= 11 is 0. The maximum absolute atomic E-state index is 12.6. The molecule has 1 saturated carbocycles. The maximum atomic E-state index is 12.6. The number of benzene rings is 1. The molecule has 1 aliphatic rings. The molecule has 1 amide bonds. The van der Waals surface area contributed by atoms with Crippen molar-refractivity contribution in [2.24, 2.45) is 13.0 Å². The van der Waals surface area contributed by atoms with Gasteiger partial charge in [0, 0.05) is 31.4 Å². The quantitative estimate of drug-likeness (QED) is 0.837. The minimum Gasteiger partial charge on any atom is -0.496 e. The number of hydrogen-bond acceptors (Lipinski definition) is 3. The molecule has 134 valence electrons. The van der Waals surface area contributed by atoms with Crippen LogP contribution in [0.15, 0.2) is 36.7 Å². The van der Waals surface area contributed by atoms with E-state index in [1.165, 1.54) is 25.7 Å². The minimum absolute atomic E-state index is 0.0748. The number of aromatic nitrogens is 2. The van der Waals surface area contributed by atoms with Crippen molar-refractivity contribution in [3.8, 4) is 5.75 Å². The lowest BCUT2D eigenvalue weighted by molar-refractivity contribution is -0.121. The first-order valence-electron chi connectivity index (χ1n) is 9.08. The van der Waals surface area contributed by atoms with E-state index in [0.717, 1.165) is 23.6 Å². The van der Waals surface area contributed by atoms with Crippen molar-refractivity contribution in [2.75, 3.05) is 7.11 Å². The van der Waals surface area contributed by atoms with Crippen molar-refractivity contribution in [1.82, 2.24) is 14.9 Å². The van der Waals surface area contributed by atoms with Crippen molar-refractivity contribution in [3.63, 3.8) is 0 Å². The normalized spacial score (nSPS) is 15.9. The predicted octanol–water partition coefficient (Wildman–Crippen LogP) is 3.60. The monoisotopic (exact) mass is 341 g/mol. The summed E-state index contributed by atoms with van der Waals surface area (Å²) in [5.74, 6) is 2.35. The molecule has 0 spiro atoms. The molecule has 5 heteroatoms. The maximum Gasteiger partial charge on any atom is 0.220 e. The van der Waals surface area contributed by atoms with Gasteiger partial charge in [0.25, 0.3) is 0 Å². The Morgan fingerprint density at radius 1 is 1.36 bits per heavy atom. The highest BCUT2D eigenvalue weighted by atomic mass is 16.5. The number of rotatable bonds is 7. The van der Waals surface area contributed by atoms with E-state index in [4.69, 9.17) is 4.74 Å². The van der Waals surface area contributed by atoms with E-state index >= 15 is 0 Å². The van der Waals surface area contributed by atoms with Crippen LogP contribution in [0.2, 0.25) is 0 Å². The van der Waals surface area contributed by atoms with Crippen LogP contribution in [0.3, 0.4) is 0 Å². The third-order valence-electron chi connectivity index (χ3n) is 5.13. The third kappa shape index (κ3) is 4.21. The zero-order valence-electron chi connectivity index (χ0n) is 15.1. The van der Waals surface area contributed by atoms with E-state index in [2.05, 4.69) is 10.3 Å². The van der Waals surface area contributed by atoms with Crippen LogP contribution in [0, 0.1) is 5.92 Å². The van der Waals surface area contributed by atoms with Crippen LogP contribution < -0.4 is 10.1 Å².